The van der Waals surface area contributed by atoms with Gasteiger partial charge in [-0.2, -0.15) is 0 Å². The molecule has 1 aromatic heterocycles. The number of aromatic nitrogens is 1. The summed E-state index contributed by atoms with van der Waals surface area (Å²) in [5, 5.41) is 2.89. The summed E-state index contributed by atoms with van der Waals surface area (Å²) < 4.78 is 0. The largest absolute Gasteiger partial charge is 0.357 e. The van der Waals surface area contributed by atoms with Gasteiger partial charge in [0.2, 0.25) is 0 Å². The number of rotatable bonds is 5. The number of nitrogens with zero attached hydrogens (tertiary/aromatic N) is 2. The molecule has 1 atom stereocenters. The Balaban J connectivity index is 1.54. The maximum atomic E-state index is 12.0. The van der Waals surface area contributed by atoms with Crippen molar-refractivity contribution in [1.29, 1.82) is 0 Å². The molecule has 1 saturated heterocycles. The molecule has 0 radical (unpaired) electrons. The van der Waals surface area contributed by atoms with Crippen LogP contribution in [0.3, 0.4) is 0 Å². The molecule has 0 bridgehead atoms. The van der Waals surface area contributed by atoms with Gasteiger partial charge in [0.1, 0.15) is 5.82 Å². The topological polar surface area (TPSA) is 71.2 Å². The third kappa shape index (κ3) is 3.10. The van der Waals surface area contributed by atoms with E-state index < -0.39 is 0 Å². The summed E-state index contributed by atoms with van der Waals surface area (Å²) in [5.41, 5.74) is 6.58. The number of anilines is 1. The second-order valence-corrected chi connectivity index (χ2v) is 5.81. The molecule has 1 aromatic rings. The molecule has 0 aromatic carbocycles. The zero-order valence-electron chi connectivity index (χ0n) is 11.7. The van der Waals surface area contributed by atoms with E-state index in [4.69, 9.17) is 5.73 Å². The van der Waals surface area contributed by atoms with Crippen molar-refractivity contribution in [3.63, 3.8) is 0 Å². The number of nitrogens with one attached hydrogen (secondary N) is 1. The van der Waals surface area contributed by atoms with Crippen LogP contribution in [0, 0.1) is 5.92 Å². The number of carbonyl (C=O) groups is 1. The normalized spacial score (nSPS) is 19.9. The highest BCUT2D eigenvalue weighted by Crippen LogP contribution is 2.31. The van der Waals surface area contributed by atoms with Crippen LogP contribution in [0.1, 0.15) is 36.0 Å². The predicted octanol–water partition coefficient (Wildman–Crippen LogP) is 1.15. The van der Waals surface area contributed by atoms with Gasteiger partial charge >= 0.3 is 0 Å². The van der Waals surface area contributed by atoms with Gasteiger partial charge in [-0.05, 0) is 43.7 Å². The van der Waals surface area contributed by atoms with Gasteiger partial charge in [-0.3, -0.25) is 4.79 Å². The predicted molar refractivity (Wildman–Crippen MR) is 78.7 cm³/mol. The van der Waals surface area contributed by atoms with Crippen molar-refractivity contribution in [3.8, 4) is 0 Å². The maximum absolute atomic E-state index is 12.0. The van der Waals surface area contributed by atoms with Crippen LogP contribution < -0.4 is 16.0 Å². The summed E-state index contributed by atoms with van der Waals surface area (Å²) in [5.74, 6) is 1.49. The van der Waals surface area contributed by atoms with E-state index in [1.807, 2.05) is 12.1 Å². The molecule has 5 heteroatoms. The summed E-state index contributed by atoms with van der Waals surface area (Å²) >= 11 is 0. The lowest BCUT2D eigenvalue weighted by Gasteiger charge is -2.16. The van der Waals surface area contributed by atoms with Gasteiger partial charge in [-0.15, -0.1) is 0 Å². The van der Waals surface area contributed by atoms with Crippen LogP contribution in [0.5, 0.6) is 0 Å². The van der Waals surface area contributed by atoms with Crippen molar-refractivity contribution in [2.45, 2.75) is 31.7 Å². The Morgan fingerprint density at radius 3 is 2.75 bits per heavy atom. The fourth-order valence-electron chi connectivity index (χ4n) is 2.66. The average molecular weight is 274 g/mol. The van der Waals surface area contributed by atoms with Crippen molar-refractivity contribution in [3.05, 3.63) is 23.9 Å². The van der Waals surface area contributed by atoms with Gasteiger partial charge in [-0.1, -0.05) is 0 Å². The highest BCUT2D eigenvalue weighted by Gasteiger charge is 2.28. The first-order chi connectivity index (χ1) is 9.74. The number of carbonyl (C=O) groups excluding carboxylic acids is 1. The molecule has 2 fully saturated rings. The van der Waals surface area contributed by atoms with E-state index in [0.717, 1.165) is 18.9 Å². The maximum Gasteiger partial charge on any atom is 0.252 e. The number of amides is 1. The summed E-state index contributed by atoms with van der Waals surface area (Å²) in [7, 11) is 0. The Morgan fingerprint density at radius 2 is 2.15 bits per heavy atom. The van der Waals surface area contributed by atoms with Gasteiger partial charge in [0.05, 0.1) is 5.56 Å². The molecule has 2 aliphatic rings. The standard InChI is InChI=1S/C15H22N4O/c16-13(11-3-4-11)10-18-15(20)12-5-6-14(17-9-12)19-7-1-2-8-19/h5-6,9,11,13H,1-4,7-8,10,16H2,(H,18,20). The van der Waals surface area contributed by atoms with Crippen LogP contribution in [0.2, 0.25) is 0 Å². The van der Waals surface area contributed by atoms with Crippen LogP contribution in [0.15, 0.2) is 18.3 Å². The number of hydrogen-bond donors (Lipinski definition) is 2. The third-order valence-electron chi connectivity index (χ3n) is 4.17. The Morgan fingerprint density at radius 1 is 1.40 bits per heavy atom. The molecule has 3 N–H and O–H groups in total. The highest BCUT2D eigenvalue weighted by molar-refractivity contribution is 5.94. The molecular formula is C15H22N4O. The summed E-state index contributed by atoms with van der Waals surface area (Å²) in [4.78, 5) is 18.6. The molecule has 1 saturated carbocycles. The molecule has 5 nitrogen and oxygen atoms in total. The first kappa shape index (κ1) is 13.4. The first-order valence-electron chi connectivity index (χ1n) is 7.49. The molecule has 2 heterocycles. The average Bonchev–Trinajstić information content (AvgIpc) is 3.19. The van der Waals surface area contributed by atoms with Crippen molar-refractivity contribution >= 4 is 11.7 Å². The van der Waals surface area contributed by atoms with Gasteiger partial charge in [-0.25, -0.2) is 4.98 Å². The molecule has 1 unspecified atom stereocenters. The van der Waals surface area contributed by atoms with E-state index >= 15 is 0 Å². The lowest BCUT2D eigenvalue weighted by atomic mass is 10.2. The third-order valence-corrected chi connectivity index (χ3v) is 4.17. The van der Waals surface area contributed by atoms with Crippen LogP contribution in [0.25, 0.3) is 0 Å². The highest BCUT2D eigenvalue weighted by atomic mass is 16.1. The second-order valence-electron chi connectivity index (χ2n) is 5.81. The Bertz CT molecular complexity index is 463. The molecule has 20 heavy (non-hydrogen) atoms. The van der Waals surface area contributed by atoms with Crippen molar-refractivity contribution in [2.75, 3.05) is 24.5 Å². The molecule has 1 aliphatic heterocycles. The Labute approximate surface area is 119 Å². The van der Waals surface area contributed by atoms with E-state index in [-0.39, 0.29) is 11.9 Å². The SMILES string of the molecule is NC(CNC(=O)c1ccc(N2CCCC2)nc1)C1CC1. The lowest BCUT2D eigenvalue weighted by molar-refractivity contribution is 0.0950. The van der Waals surface area contributed by atoms with Crippen molar-refractivity contribution < 1.29 is 4.79 Å². The smallest absolute Gasteiger partial charge is 0.252 e. The van der Waals surface area contributed by atoms with Gasteiger partial charge in [0.25, 0.3) is 5.91 Å². The quantitative estimate of drug-likeness (QED) is 0.845. The molecule has 108 valence electrons. The minimum Gasteiger partial charge on any atom is -0.357 e. The van der Waals surface area contributed by atoms with Crippen molar-refractivity contribution in [1.82, 2.24) is 10.3 Å². The van der Waals surface area contributed by atoms with E-state index in [1.54, 1.807) is 6.20 Å². The zero-order valence-corrected chi connectivity index (χ0v) is 11.7. The molecule has 1 aliphatic carbocycles. The minimum absolute atomic E-state index is 0.0819. The van der Waals surface area contributed by atoms with Crippen LogP contribution in [0.4, 0.5) is 5.82 Å². The van der Waals surface area contributed by atoms with Gasteiger partial charge in [0, 0.05) is 31.9 Å². The number of hydrogen-bond acceptors (Lipinski definition) is 4. The van der Waals surface area contributed by atoms with Crippen molar-refractivity contribution in [2.24, 2.45) is 11.7 Å². The monoisotopic (exact) mass is 274 g/mol. The Hall–Kier alpha value is -1.62. The van der Waals surface area contributed by atoms with Gasteiger partial charge < -0.3 is 16.0 Å². The van der Waals surface area contributed by atoms with E-state index in [2.05, 4.69) is 15.2 Å². The molecule has 3 rings (SSSR count). The summed E-state index contributed by atoms with van der Waals surface area (Å²) in [6.07, 6.45) is 6.50. The fourth-order valence-corrected chi connectivity index (χ4v) is 2.66. The second kappa shape index (κ2) is 5.79. The van der Waals surface area contributed by atoms with Crippen LogP contribution >= 0.6 is 0 Å². The molecule has 1 amide bonds. The van der Waals surface area contributed by atoms with Gasteiger partial charge in [0.15, 0.2) is 0 Å². The first-order valence-corrected chi connectivity index (χ1v) is 7.49. The number of nitrogens with two attached hydrogens (primary N) is 1. The lowest BCUT2D eigenvalue weighted by Crippen LogP contribution is -2.38. The minimum atomic E-state index is -0.0819. The fraction of sp³-hybridized carbons (Fsp3) is 0.600. The molecule has 0 spiro atoms. The van der Waals surface area contributed by atoms with Crippen LogP contribution in [-0.4, -0.2) is 36.6 Å². The van der Waals surface area contributed by atoms with Crippen LogP contribution in [-0.2, 0) is 0 Å². The number of pyridine rings is 1. The molecular weight excluding hydrogens is 252 g/mol. The zero-order chi connectivity index (χ0) is 13.9. The van der Waals surface area contributed by atoms with E-state index in [0.29, 0.717) is 18.0 Å². The van der Waals surface area contributed by atoms with E-state index in [1.165, 1.54) is 25.7 Å². The summed E-state index contributed by atoms with van der Waals surface area (Å²) in [6, 6.07) is 3.87. The summed E-state index contributed by atoms with van der Waals surface area (Å²) in [6.45, 7) is 2.68. The van der Waals surface area contributed by atoms with E-state index in [9.17, 15) is 4.79 Å². The Kier molecular flexibility index (Phi) is 3.87.